The van der Waals surface area contributed by atoms with Crippen molar-refractivity contribution in [3.63, 3.8) is 0 Å². The third kappa shape index (κ3) is 6.13. The Kier molecular flexibility index (Phi) is 9.60. The number of ether oxygens (including phenoxy) is 4. The molecular weight excluding hydrogens is 432 g/mol. The van der Waals surface area contributed by atoms with E-state index in [0.29, 0.717) is 29.2 Å². The molecule has 0 bridgehead atoms. The molecule has 0 heterocycles. The molecule has 1 N–H and O–H groups in total. The van der Waals surface area contributed by atoms with Gasteiger partial charge in [-0.1, -0.05) is 12.1 Å². The Morgan fingerprint density at radius 3 is 1.94 bits per heavy atom. The molecule has 186 valence electrons. The first-order chi connectivity index (χ1) is 16.1. The molecule has 34 heavy (non-hydrogen) atoms. The third-order valence-electron chi connectivity index (χ3n) is 6.43. The fourth-order valence-electron chi connectivity index (χ4n) is 4.24. The minimum Gasteiger partial charge on any atom is -0.493 e. The van der Waals surface area contributed by atoms with Gasteiger partial charge in [0.25, 0.3) is 0 Å². The molecule has 0 saturated carbocycles. The van der Waals surface area contributed by atoms with E-state index in [2.05, 4.69) is 18.0 Å². The molecule has 0 aromatic heterocycles. The molecule has 1 atom stereocenters. The van der Waals surface area contributed by atoms with E-state index in [9.17, 15) is 10.4 Å². The average Bonchev–Trinajstić information content (AvgIpc) is 2.83. The second-order valence-electron chi connectivity index (χ2n) is 8.99. The van der Waals surface area contributed by atoms with Crippen molar-refractivity contribution in [2.45, 2.75) is 44.1 Å². The van der Waals surface area contributed by atoms with Gasteiger partial charge in [0.2, 0.25) is 0 Å². The highest BCUT2D eigenvalue weighted by atomic mass is 16.5. The van der Waals surface area contributed by atoms with Crippen molar-refractivity contribution >= 4 is 0 Å². The summed E-state index contributed by atoms with van der Waals surface area (Å²) in [6.07, 6.45) is 2.11. The monoisotopic (exact) mass is 470 g/mol. The van der Waals surface area contributed by atoms with Gasteiger partial charge in [0, 0.05) is 6.54 Å². The lowest BCUT2D eigenvalue weighted by atomic mass is 9.67. The Morgan fingerprint density at radius 2 is 1.41 bits per heavy atom. The van der Waals surface area contributed by atoms with Crippen molar-refractivity contribution in [2.75, 3.05) is 48.6 Å². The van der Waals surface area contributed by atoms with Crippen LogP contribution in [0.3, 0.4) is 0 Å². The minimum atomic E-state index is -1.25. The molecule has 0 aliphatic carbocycles. The van der Waals surface area contributed by atoms with Crippen molar-refractivity contribution in [1.29, 1.82) is 5.26 Å². The van der Waals surface area contributed by atoms with Gasteiger partial charge in [-0.25, -0.2) is 0 Å². The summed E-state index contributed by atoms with van der Waals surface area (Å²) in [6, 6.07) is 13.8. The van der Waals surface area contributed by atoms with Crippen LogP contribution in [-0.2, 0) is 11.8 Å². The number of nitrogens with zero attached hydrogens (tertiary/aromatic N) is 2. The quantitative estimate of drug-likeness (QED) is 0.469. The molecule has 7 nitrogen and oxygen atoms in total. The second-order valence-corrected chi connectivity index (χ2v) is 8.99. The van der Waals surface area contributed by atoms with Crippen molar-refractivity contribution in [3.05, 3.63) is 47.5 Å². The highest BCUT2D eigenvalue weighted by Gasteiger charge is 2.46. The predicted molar refractivity (Wildman–Crippen MR) is 133 cm³/mol. The normalized spacial score (nSPS) is 13.2. The lowest BCUT2D eigenvalue weighted by molar-refractivity contribution is 0.0129. The molecular formula is C27H38N2O5. The number of rotatable bonds is 13. The molecule has 0 spiro atoms. The first kappa shape index (κ1) is 27.3. The summed E-state index contributed by atoms with van der Waals surface area (Å²) in [6.45, 7) is 5.02. The van der Waals surface area contributed by atoms with Crippen LogP contribution in [0.2, 0.25) is 0 Å². The van der Waals surface area contributed by atoms with Crippen LogP contribution >= 0.6 is 0 Å². The lowest BCUT2D eigenvalue weighted by Crippen LogP contribution is -2.47. The third-order valence-corrected chi connectivity index (χ3v) is 6.43. The first-order valence-electron chi connectivity index (χ1n) is 11.4. The predicted octanol–water partition coefficient (Wildman–Crippen LogP) is 4.21. The van der Waals surface area contributed by atoms with Gasteiger partial charge in [0.05, 0.1) is 40.1 Å². The maximum Gasteiger partial charge on any atom is 0.161 e. The van der Waals surface area contributed by atoms with Gasteiger partial charge < -0.3 is 29.0 Å². The maximum atomic E-state index is 11.1. The van der Waals surface area contributed by atoms with Gasteiger partial charge in [-0.2, -0.15) is 5.26 Å². The average molecular weight is 471 g/mol. The Labute approximate surface area is 203 Å². The van der Waals surface area contributed by atoms with Gasteiger partial charge in [-0.15, -0.1) is 0 Å². The van der Waals surface area contributed by atoms with Gasteiger partial charge in [-0.05, 0) is 82.1 Å². The van der Waals surface area contributed by atoms with E-state index in [1.807, 2.05) is 24.3 Å². The van der Waals surface area contributed by atoms with Crippen LogP contribution in [0.1, 0.15) is 37.8 Å². The number of hydrogen-bond donors (Lipinski definition) is 1. The van der Waals surface area contributed by atoms with E-state index in [1.54, 1.807) is 54.4 Å². The van der Waals surface area contributed by atoms with Crippen molar-refractivity contribution in [1.82, 2.24) is 4.90 Å². The Hall–Kier alpha value is -2.95. The number of aliphatic hydroxyl groups is 1. The second kappa shape index (κ2) is 12.0. The molecule has 0 unspecified atom stereocenters. The number of hydrogen-bond acceptors (Lipinski definition) is 7. The molecule has 2 aromatic rings. The molecule has 7 heteroatoms. The summed E-state index contributed by atoms with van der Waals surface area (Å²) in [5.74, 6) is 2.57. The van der Waals surface area contributed by atoms with Crippen molar-refractivity contribution in [2.24, 2.45) is 0 Å². The number of benzene rings is 2. The zero-order valence-corrected chi connectivity index (χ0v) is 21.5. The van der Waals surface area contributed by atoms with Crippen LogP contribution in [0.5, 0.6) is 23.0 Å². The molecule has 0 radical (unpaired) electrons. The number of likely N-dealkylation sites (N-methyl/N-ethyl adjacent to an activating group) is 1. The smallest absolute Gasteiger partial charge is 0.161 e. The number of methoxy groups -OCH3 is 4. The molecule has 0 saturated heterocycles. The van der Waals surface area contributed by atoms with Crippen LogP contribution in [0, 0.1) is 11.3 Å². The molecule has 0 aliphatic heterocycles. The van der Waals surface area contributed by atoms with E-state index in [1.165, 1.54) is 0 Å². The molecule has 0 aliphatic rings. The van der Waals surface area contributed by atoms with Crippen LogP contribution in [0.15, 0.2) is 36.4 Å². The van der Waals surface area contributed by atoms with E-state index in [4.69, 9.17) is 18.9 Å². The summed E-state index contributed by atoms with van der Waals surface area (Å²) >= 11 is 0. The fraction of sp³-hybridized carbons (Fsp3) is 0.519. The molecule has 0 fully saturated rings. The Balaban J connectivity index is 2.08. The molecule has 2 aromatic carbocycles. The number of nitriles is 1. The standard InChI is InChI=1S/C27H38N2O5/c1-26(2,30)27(19-28,21-10-12-23(32-5)25(18-21)34-7)14-8-15-29(3)16-13-20-9-11-22(31-4)24(17-20)33-6/h9-12,17-18,30H,8,13-16H2,1-7H3/t27-/m1/s1. The van der Waals surface area contributed by atoms with Gasteiger partial charge in [0.1, 0.15) is 5.41 Å². The fourth-order valence-corrected chi connectivity index (χ4v) is 4.24. The summed E-state index contributed by atoms with van der Waals surface area (Å²) in [4.78, 5) is 2.23. The van der Waals surface area contributed by atoms with E-state index in [0.717, 1.165) is 37.2 Å². The van der Waals surface area contributed by atoms with Crippen molar-refractivity contribution < 1.29 is 24.1 Å². The van der Waals surface area contributed by atoms with Crippen LogP contribution in [0.25, 0.3) is 0 Å². The highest BCUT2D eigenvalue weighted by molar-refractivity contribution is 5.48. The van der Waals surface area contributed by atoms with E-state index < -0.39 is 11.0 Å². The zero-order chi connectivity index (χ0) is 25.4. The van der Waals surface area contributed by atoms with Gasteiger partial charge >= 0.3 is 0 Å². The van der Waals surface area contributed by atoms with Crippen molar-refractivity contribution in [3.8, 4) is 29.1 Å². The maximum absolute atomic E-state index is 11.1. The molecule has 2 rings (SSSR count). The summed E-state index contributed by atoms with van der Waals surface area (Å²) in [7, 11) is 8.46. The van der Waals surface area contributed by atoms with Crippen LogP contribution < -0.4 is 18.9 Å². The largest absolute Gasteiger partial charge is 0.493 e. The lowest BCUT2D eigenvalue weighted by Gasteiger charge is -2.39. The van der Waals surface area contributed by atoms with Gasteiger partial charge in [-0.3, -0.25) is 0 Å². The Morgan fingerprint density at radius 1 is 0.853 bits per heavy atom. The highest BCUT2D eigenvalue weighted by Crippen LogP contribution is 2.42. The summed E-state index contributed by atoms with van der Waals surface area (Å²) < 4.78 is 21.5. The summed E-state index contributed by atoms with van der Waals surface area (Å²) in [5, 5.41) is 21.3. The van der Waals surface area contributed by atoms with E-state index >= 15 is 0 Å². The summed E-state index contributed by atoms with van der Waals surface area (Å²) in [5.41, 5.74) is -0.457. The molecule has 0 amide bonds. The Bertz CT molecular complexity index is 980. The van der Waals surface area contributed by atoms with Crippen LogP contribution in [0.4, 0.5) is 0 Å². The van der Waals surface area contributed by atoms with Crippen LogP contribution in [-0.4, -0.2) is 64.2 Å². The zero-order valence-electron chi connectivity index (χ0n) is 21.5. The SMILES string of the molecule is COc1ccc(CCN(C)CCC[C@@](C#N)(c2ccc(OC)c(OC)c2)C(C)(C)O)cc1OC. The topological polar surface area (TPSA) is 84.2 Å². The minimum absolute atomic E-state index is 0.503. The van der Waals surface area contributed by atoms with E-state index in [-0.39, 0.29) is 0 Å². The first-order valence-corrected chi connectivity index (χ1v) is 11.4. The van der Waals surface area contributed by atoms with Gasteiger partial charge in [0.15, 0.2) is 23.0 Å².